The van der Waals surface area contributed by atoms with Gasteiger partial charge in [0.25, 0.3) is 0 Å². The summed E-state index contributed by atoms with van der Waals surface area (Å²) >= 11 is 1.76. The van der Waals surface area contributed by atoms with Gasteiger partial charge in [0.2, 0.25) is 0 Å². The third-order valence-electron chi connectivity index (χ3n) is 8.52. The maximum absolute atomic E-state index is 5.19. The van der Waals surface area contributed by atoms with Crippen LogP contribution in [0.1, 0.15) is 0 Å². The lowest BCUT2D eigenvalue weighted by molar-refractivity contribution is 1.24. The first-order valence-corrected chi connectivity index (χ1v) is 15.8. The van der Waals surface area contributed by atoms with Crippen LogP contribution in [-0.4, -0.2) is 15.0 Å². The molecule has 3 nitrogen and oxygen atoms in total. The van der Waals surface area contributed by atoms with Crippen molar-refractivity contribution in [2.24, 2.45) is 0 Å². The lowest BCUT2D eigenvalue weighted by Crippen LogP contribution is -1.94. The number of nitrogens with zero attached hydrogens (tertiary/aromatic N) is 3. The van der Waals surface area contributed by atoms with Crippen molar-refractivity contribution in [1.29, 1.82) is 0 Å². The van der Waals surface area contributed by atoms with E-state index in [-0.39, 0.29) is 0 Å². The van der Waals surface area contributed by atoms with Gasteiger partial charge < -0.3 is 0 Å². The van der Waals surface area contributed by atoms with Crippen LogP contribution in [0.5, 0.6) is 0 Å². The SMILES string of the molecule is c1ccc(-c2nc(-c3cccc(-c4cccc(-c5cccc6c5ccc5cccnc56)c4)c3)nc3c2sc2ccccc23)cc1. The number of hydrogen-bond donors (Lipinski definition) is 0. The summed E-state index contributed by atoms with van der Waals surface area (Å²) in [7, 11) is 0. The summed E-state index contributed by atoms with van der Waals surface area (Å²) in [5, 5.41) is 4.69. The molecule has 6 aromatic carbocycles. The van der Waals surface area contributed by atoms with Crippen molar-refractivity contribution in [3.63, 3.8) is 0 Å². The first-order valence-electron chi connectivity index (χ1n) is 15.0. The van der Waals surface area contributed by atoms with Gasteiger partial charge in [-0.05, 0) is 51.9 Å². The molecular weight excluding hydrogens is 567 g/mol. The summed E-state index contributed by atoms with van der Waals surface area (Å²) in [6.45, 7) is 0. The Labute approximate surface area is 264 Å². The average molecular weight is 592 g/mol. The molecule has 0 aliphatic heterocycles. The molecule has 45 heavy (non-hydrogen) atoms. The predicted molar refractivity (Wildman–Crippen MR) is 189 cm³/mol. The Morgan fingerprint density at radius 3 is 2.04 bits per heavy atom. The Balaban J connectivity index is 1.18. The molecule has 0 fully saturated rings. The van der Waals surface area contributed by atoms with Crippen molar-refractivity contribution < 1.29 is 0 Å². The number of fused-ring (bicyclic) bond motifs is 6. The van der Waals surface area contributed by atoms with Crippen LogP contribution in [0.3, 0.4) is 0 Å². The molecular formula is C41H25N3S. The van der Waals surface area contributed by atoms with Crippen LogP contribution in [0, 0.1) is 0 Å². The normalized spacial score (nSPS) is 11.6. The van der Waals surface area contributed by atoms with E-state index < -0.39 is 0 Å². The van der Waals surface area contributed by atoms with Gasteiger partial charge in [-0.2, -0.15) is 0 Å². The minimum atomic E-state index is 0.733. The zero-order valence-corrected chi connectivity index (χ0v) is 25.0. The van der Waals surface area contributed by atoms with Crippen LogP contribution in [0.25, 0.3) is 86.9 Å². The molecule has 0 bridgehead atoms. The molecule has 3 heterocycles. The molecule has 0 saturated heterocycles. The molecule has 0 N–H and O–H groups in total. The second kappa shape index (κ2) is 10.5. The fourth-order valence-electron chi connectivity index (χ4n) is 6.37. The molecule has 0 aliphatic rings. The van der Waals surface area contributed by atoms with Gasteiger partial charge in [0, 0.05) is 38.2 Å². The van der Waals surface area contributed by atoms with Crippen molar-refractivity contribution in [3.8, 4) is 44.9 Å². The van der Waals surface area contributed by atoms with Crippen LogP contribution in [0.4, 0.5) is 0 Å². The molecule has 9 rings (SSSR count). The molecule has 9 aromatic rings. The summed E-state index contributed by atoms with van der Waals surface area (Å²) in [6.07, 6.45) is 1.87. The second-order valence-corrected chi connectivity index (χ2v) is 12.3. The van der Waals surface area contributed by atoms with Gasteiger partial charge in [-0.3, -0.25) is 4.98 Å². The smallest absolute Gasteiger partial charge is 0.160 e. The van der Waals surface area contributed by atoms with Gasteiger partial charge in [-0.15, -0.1) is 11.3 Å². The van der Waals surface area contributed by atoms with Crippen LogP contribution in [0.2, 0.25) is 0 Å². The van der Waals surface area contributed by atoms with Crippen molar-refractivity contribution >= 4 is 53.3 Å². The van der Waals surface area contributed by atoms with Crippen LogP contribution < -0.4 is 0 Å². The monoisotopic (exact) mass is 591 g/mol. The van der Waals surface area contributed by atoms with Crippen molar-refractivity contribution in [1.82, 2.24) is 15.0 Å². The number of rotatable bonds is 4. The van der Waals surface area contributed by atoms with Gasteiger partial charge in [0.15, 0.2) is 5.82 Å². The minimum Gasteiger partial charge on any atom is -0.256 e. The van der Waals surface area contributed by atoms with E-state index in [2.05, 4.69) is 133 Å². The highest BCUT2D eigenvalue weighted by molar-refractivity contribution is 7.26. The third kappa shape index (κ3) is 4.38. The minimum absolute atomic E-state index is 0.733. The number of hydrogen-bond acceptors (Lipinski definition) is 4. The van der Waals surface area contributed by atoms with Gasteiger partial charge >= 0.3 is 0 Å². The van der Waals surface area contributed by atoms with E-state index in [1.165, 1.54) is 32.0 Å². The number of pyridine rings is 1. The maximum Gasteiger partial charge on any atom is 0.160 e. The maximum atomic E-state index is 5.19. The Kier molecular flexibility index (Phi) is 6.00. The highest BCUT2D eigenvalue weighted by atomic mass is 32.1. The van der Waals surface area contributed by atoms with Crippen molar-refractivity contribution in [2.45, 2.75) is 0 Å². The molecule has 0 saturated carbocycles. The van der Waals surface area contributed by atoms with Crippen molar-refractivity contribution in [2.75, 3.05) is 0 Å². The molecule has 210 valence electrons. The average Bonchev–Trinajstić information content (AvgIpc) is 3.50. The molecule has 0 spiro atoms. The fraction of sp³-hybridized carbons (Fsp3) is 0. The largest absolute Gasteiger partial charge is 0.256 e. The van der Waals surface area contributed by atoms with E-state index in [0.717, 1.165) is 54.9 Å². The quantitative estimate of drug-likeness (QED) is 0.191. The van der Waals surface area contributed by atoms with E-state index in [9.17, 15) is 0 Å². The Hall–Kier alpha value is -5.71. The molecule has 0 unspecified atom stereocenters. The van der Waals surface area contributed by atoms with Gasteiger partial charge in [-0.1, -0.05) is 121 Å². The molecule has 0 atom stereocenters. The predicted octanol–water partition coefficient (Wildman–Crippen LogP) is 11.2. The highest BCUT2D eigenvalue weighted by Crippen LogP contribution is 2.40. The standard InChI is InChI=1S/C41H25N3S/c1-2-10-26(11-3-1)38-40-39(35-17-4-5-20-36(35)45-40)44-41(43-38)31-15-7-13-29(25-31)28-12-6-14-30(24-28)32-18-8-19-34-33(32)22-21-27-16-9-23-42-37(27)34/h1-25H. The zero-order chi connectivity index (χ0) is 29.7. The summed E-state index contributed by atoms with van der Waals surface area (Å²) in [5.41, 5.74) is 9.75. The highest BCUT2D eigenvalue weighted by Gasteiger charge is 2.17. The lowest BCUT2D eigenvalue weighted by atomic mass is 9.94. The van der Waals surface area contributed by atoms with E-state index in [0.29, 0.717) is 0 Å². The number of benzene rings is 6. The molecule has 0 aliphatic carbocycles. The van der Waals surface area contributed by atoms with Gasteiger partial charge in [0.1, 0.15) is 0 Å². The Morgan fingerprint density at radius 1 is 0.444 bits per heavy atom. The summed E-state index contributed by atoms with van der Waals surface area (Å²) in [6, 6.07) is 51.3. The van der Waals surface area contributed by atoms with Crippen LogP contribution in [0.15, 0.2) is 152 Å². The first kappa shape index (κ1) is 25.8. The molecule has 0 radical (unpaired) electrons. The van der Waals surface area contributed by atoms with E-state index in [1.807, 2.05) is 18.3 Å². The second-order valence-electron chi connectivity index (χ2n) is 11.2. The first-order chi connectivity index (χ1) is 22.3. The summed E-state index contributed by atoms with van der Waals surface area (Å²) in [5.74, 6) is 0.733. The van der Waals surface area contributed by atoms with Crippen LogP contribution >= 0.6 is 11.3 Å². The third-order valence-corrected chi connectivity index (χ3v) is 9.69. The van der Waals surface area contributed by atoms with E-state index in [1.54, 1.807) is 11.3 Å². The Morgan fingerprint density at radius 2 is 1.16 bits per heavy atom. The van der Waals surface area contributed by atoms with Crippen LogP contribution in [-0.2, 0) is 0 Å². The molecule has 3 aromatic heterocycles. The van der Waals surface area contributed by atoms with Crippen molar-refractivity contribution in [3.05, 3.63) is 152 Å². The fourth-order valence-corrected chi connectivity index (χ4v) is 7.52. The van der Waals surface area contributed by atoms with Gasteiger partial charge in [-0.25, -0.2) is 9.97 Å². The summed E-state index contributed by atoms with van der Waals surface area (Å²) in [4.78, 5) is 15.1. The Bertz CT molecular complexity index is 2550. The topological polar surface area (TPSA) is 38.7 Å². The van der Waals surface area contributed by atoms with E-state index >= 15 is 0 Å². The molecule has 4 heteroatoms. The number of aromatic nitrogens is 3. The summed E-state index contributed by atoms with van der Waals surface area (Å²) < 4.78 is 2.34. The lowest BCUT2D eigenvalue weighted by Gasteiger charge is -2.12. The van der Waals surface area contributed by atoms with E-state index in [4.69, 9.17) is 15.0 Å². The molecule has 0 amide bonds. The number of thiophene rings is 1. The zero-order valence-electron chi connectivity index (χ0n) is 24.2. The van der Waals surface area contributed by atoms with Gasteiger partial charge in [0.05, 0.1) is 21.4 Å².